The molecule has 0 radical (unpaired) electrons. The van der Waals surface area contributed by atoms with Crippen molar-refractivity contribution in [2.75, 3.05) is 19.5 Å². The van der Waals surface area contributed by atoms with Gasteiger partial charge in [0, 0.05) is 36.3 Å². The predicted octanol–water partition coefficient (Wildman–Crippen LogP) is 3.06. The molecule has 0 aliphatic rings. The van der Waals surface area contributed by atoms with E-state index in [1.165, 1.54) is 0 Å². The fourth-order valence-corrected chi connectivity index (χ4v) is 1.91. The van der Waals surface area contributed by atoms with Gasteiger partial charge in [0.05, 0.1) is 12.8 Å². The van der Waals surface area contributed by atoms with Crippen LogP contribution in [0.5, 0.6) is 5.75 Å². The zero-order valence-electron chi connectivity index (χ0n) is 11.9. The van der Waals surface area contributed by atoms with Crippen molar-refractivity contribution in [3.05, 3.63) is 23.0 Å². The Bertz CT molecular complexity index is 405. The van der Waals surface area contributed by atoms with Gasteiger partial charge in [-0.05, 0) is 19.3 Å². The first kappa shape index (κ1) is 15.3. The number of nitrogens with one attached hydrogen (secondary N) is 1. The molecule has 0 saturated heterocycles. The van der Waals surface area contributed by atoms with Crippen LogP contribution in [0.2, 0.25) is 0 Å². The molecule has 102 valence electrons. The van der Waals surface area contributed by atoms with Gasteiger partial charge in [-0.1, -0.05) is 13.8 Å². The molecular formula is C14H23ClN2O. The highest BCUT2D eigenvalue weighted by Gasteiger charge is 2.16. The van der Waals surface area contributed by atoms with E-state index < -0.39 is 0 Å². The molecule has 1 aromatic heterocycles. The zero-order chi connectivity index (χ0) is 13.8. The molecule has 3 nitrogen and oxygen atoms in total. The van der Waals surface area contributed by atoms with Gasteiger partial charge in [0.15, 0.2) is 0 Å². The summed E-state index contributed by atoms with van der Waals surface area (Å²) in [6.07, 6.45) is 1.86. The fraction of sp³-hybridized carbons (Fsp3) is 0.643. The van der Waals surface area contributed by atoms with Crippen LogP contribution >= 0.6 is 11.6 Å². The van der Waals surface area contributed by atoms with Gasteiger partial charge in [-0.15, -0.1) is 11.6 Å². The first-order valence-corrected chi connectivity index (χ1v) is 6.70. The molecule has 1 rings (SSSR count). The Morgan fingerprint density at radius 2 is 2.06 bits per heavy atom. The number of aromatic nitrogens is 1. The average molecular weight is 271 g/mol. The number of nitrogens with zero attached hydrogens (tertiary/aromatic N) is 1. The molecule has 0 aliphatic heterocycles. The van der Waals surface area contributed by atoms with Crippen molar-refractivity contribution in [1.82, 2.24) is 10.3 Å². The second-order valence-electron chi connectivity index (χ2n) is 5.45. The molecule has 1 aromatic rings. The van der Waals surface area contributed by atoms with Gasteiger partial charge in [0.2, 0.25) is 0 Å². The van der Waals surface area contributed by atoms with E-state index >= 15 is 0 Å². The predicted molar refractivity (Wildman–Crippen MR) is 76.5 cm³/mol. The van der Waals surface area contributed by atoms with Crippen molar-refractivity contribution >= 4 is 11.6 Å². The Kier molecular flexibility index (Phi) is 5.42. The monoisotopic (exact) mass is 270 g/mol. The number of hydrogen-bond acceptors (Lipinski definition) is 3. The molecule has 1 N–H and O–H groups in total. The van der Waals surface area contributed by atoms with Crippen LogP contribution in [-0.2, 0) is 6.54 Å². The van der Waals surface area contributed by atoms with Crippen LogP contribution in [0.1, 0.15) is 30.7 Å². The Morgan fingerprint density at radius 1 is 1.39 bits per heavy atom. The lowest BCUT2D eigenvalue weighted by atomic mass is 9.96. The van der Waals surface area contributed by atoms with Crippen LogP contribution in [-0.4, -0.2) is 24.5 Å². The first-order chi connectivity index (χ1) is 8.41. The van der Waals surface area contributed by atoms with Crippen LogP contribution in [0.25, 0.3) is 0 Å². The number of alkyl halides is 1. The highest BCUT2D eigenvalue weighted by Crippen LogP contribution is 2.24. The summed E-state index contributed by atoms with van der Waals surface area (Å²) in [5.74, 6) is 1.57. The van der Waals surface area contributed by atoms with E-state index in [9.17, 15) is 0 Å². The number of ether oxygens (including phenoxy) is 1. The van der Waals surface area contributed by atoms with E-state index in [0.717, 1.165) is 35.7 Å². The highest BCUT2D eigenvalue weighted by atomic mass is 35.5. The van der Waals surface area contributed by atoms with E-state index in [2.05, 4.69) is 24.1 Å². The number of rotatable bonds is 6. The second-order valence-corrected chi connectivity index (χ2v) is 5.71. The Hall–Kier alpha value is -0.800. The molecule has 0 bridgehead atoms. The molecular weight excluding hydrogens is 248 g/mol. The van der Waals surface area contributed by atoms with Crippen LogP contribution in [0.4, 0.5) is 0 Å². The minimum absolute atomic E-state index is 0.101. The molecule has 18 heavy (non-hydrogen) atoms. The van der Waals surface area contributed by atoms with Crippen LogP contribution in [0.15, 0.2) is 6.20 Å². The summed E-state index contributed by atoms with van der Waals surface area (Å²) in [6, 6.07) is 0. The quantitative estimate of drug-likeness (QED) is 0.807. The molecule has 0 spiro atoms. The highest BCUT2D eigenvalue weighted by molar-refractivity contribution is 6.18. The van der Waals surface area contributed by atoms with Gasteiger partial charge >= 0.3 is 0 Å². The maximum atomic E-state index is 5.90. The molecule has 0 atom stereocenters. The fourth-order valence-electron chi connectivity index (χ4n) is 1.82. The van der Waals surface area contributed by atoms with Crippen LogP contribution in [0, 0.1) is 19.3 Å². The van der Waals surface area contributed by atoms with Gasteiger partial charge in [-0.3, -0.25) is 4.98 Å². The van der Waals surface area contributed by atoms with Gasteiger partial charge in [-0.25, -0.2) is 0 Å². The van der Waals surface area contributed by atoms with E-state index in [-0.39, 0.29) is 5.41 Å². The summed E-state index contributed by atoms with van der Waals surface area (Å²) >= 11 is 5.90. The standard InChI is InChI=1S/C14H23ClN2O/c1-10-6-17-12(11(2)13(10)18-5)7-16-9-14(3,4)8-15/h6,16H,7-9H2,1-5H3. The summed E-state index contributed by atoms with van der Waals surface area (Å²) in [6.45, 7) is 9.94. The number of halogens is 1. The lowest BCUT2D eigenvalue weighted by Crippen LogP contribution is -2.30. The number of hydrogen-bond donors (Lipinski definition) is 1. The lowest BCUT2D eigenvalue weighted by Gasteiger charge is -2.22. The number of methoxy groups -OCH3 is 1. The largest absolute Gasteiger partial charge is 0.496 e. The Morgan fingerprint density at radius 3 is 2.61 bits per heavy atom. The molecule has 4 heteroatoms. The minimum atomic E-state index is 0.101. The van der Waals surface area contributed by atoms with Crippen molar-refractivity contribution in [3.63, 3.8) is 0 Å². The molecule has 0 aromatic carbocycles. The minimum Gasteiger partial charge on any atom is -0.496 e. The van der Waals surface area contributed by atoms with E-state index in [1.54, 1.807) is 7.11 Å². The third-order valence-corrected chi connectivity index (χ3v) is 3.73. The average Bonchev–Trinajstić information content (AvgIpc) is 2.33. The molecule has 0 amide bonds. The number of pyridine rings is 1. The van der Waals surface area contributed by atoms with Crippen molar-refractivity contribution in [3.8, 4) is 5.75 Å². The summed E-state index contributed by atoms with van der Waals surface area (Å²) < 4.78 is 5.40. The maximum absolute atomic E-state index is 5.90. The number of aryl methyl sites for hydroxylation is 1. The molecule has 0 saturated carbocycles. The van der Waals surface area contributed by atoms with E-state index in [1.807, 2.05) is 20.0 Å². The molecule has 0 unspecified atom stereocenters. The Balaban J connectivity index is 2.69. The Labute approximate surface area is 115 Å². The first-order valence-electron chi connectivity index (χ1n) is 6.17. The van der Waals surface area contributed by atoms with E-state index in [0.29, 0.717) is 5.88 Å². The van der Waals surface area contributed by atoms with Gasteiger partial charge in [-0.2, -0.15) is 0 Å². The smallest absolute Gasteiger partial charge is 0.128 e. The van der Waals surface area contributed by atoms with Crippen molar-refractivity contribution < 1.29 is 4.74 Å². The molecule has 0 aliphatic carbocycles. The molecule has 0 fully saturated rings. The van der Waals surface area contributed by atoms with Gasteiger partial charge in [0.1, 0.15) is 5.75 Å². The van der Waals surface area contributed by atoms with E-state index in [4.69, 9.17) is 16.3 Å². The van der Waals surface area contributed by atoms with Crippen LogP contribution in [0.3, 0.4) is 0 Å². The lowest BCUT2D eigenvalue weighted by molar-refractivity contribution is 0.382. The van der Waals surface area contributed by atoms with Crippen molar-refractivity contribution in [1.29, 1.82) is 0 Å². The molecule has 1 heterocycles. The summed E-state index contributed by atoms with van der Waals surface area (Å²) in [7, 11) is 1.70. The second kappa shape index (κ2) is 6.39. The summed E-state index contributed by atoms with van der Waals surface area (Å²) in [5.41, 5.74) is 3.31. The summed E-state index contributed by atoms with van der Waals surface area (Å²) in [5, 5.41) is 3.40. The third kappa shape index (κ3) is 3.85. The van der Waals surface area contributed by atoms with Crippen LogP contribution < -0.4 is 10.1 Å². The van der Waals surface area contributed by atoms with Crippen molar-refractivity contribution in [2.24, 2.45) is 5.41 Å². The normalized spacial score (nSPS) is 11.7. The third-order valence-electron chi connectivity index (χ3n) is 3.01. The topological polar surface area (TPSA) is 34.1 Å². The van der Waals surface area contributed by atoms with Crippen molar-refractivity contribution in [2.45, 2.75) is 34.2 Å². The SMILES string of the molecule is COc1c(C)cnc(CNCC(C)(C)CCl)c1C. The van der Waals surface area contributed by atoms with Gasteiger partial charge < -0.3 is 10.1 Å². The maximum Gasteiger partial charge on any atom is 0.128 e. The zero-order valence-corrected chi connectivity index (χ0v) is 12.7. The van der Waals surface area contributed by atoms with Gasteiger partial charge in [0.25, 0.3) is 0 Å². The summed E-state index contributed by atoms with van der Waals surface area (Å²) in [4.78, 5) is 4.46.